The Morgan fingerprint density at radius 2 is 2.10 bits per heavy atom. The molecule has 1 aromatic heterocycles. The van der Waals surface area contributed by atoms with E-state index >= 15 is 0 Å². The number of likely N-dealkylation sites (tertiary alicyclic amines) is 1. The number of amides is 1. The van der Waals surface area contributed by atoms with Crippen molar-refractivity contribution < 1.29 is 14.7 Å². The predicted molar refractivity (Wildman–Crippen MR) is 78.6 cm³/mol. The largest absolute Gasteiger partial charge is 0.481 e. The maximum Gasteiger partial charge on any atom is 0.303 e. The lowest BCUT2D eigenvalue weighted by molar-refractivity contribution is -0.137. The van der Waals surface area contributed by atoms with Crippen LogP contribution in [0.15, 0.2) is 12.3 Å². The lowest BCUT2D eigenvalue weighted by Crippen LogP contribution is -2.30. The summed E-state index contributed by atoms with van der Waals surface area (Å²) in [4.78, 5) is 25.1. The lowest BCUT2D eigenvalue weighted by Gasteiger charge is -2.17. The topological polar surface area (TPSA) is 62.5 Å². The molecule has 6 heteroatoms. The molecular formula is C15H19ClN2O3. The summed E-state index contributed by atoms with van der Waals surface area (Å²) >= 11 is 6.04. The van der Waals surface area contributed by atoms with Crippen molar-refractivity contribution >= 4 is 23.5 Å². The standard InChI is InChI=1S/C15H19ClN2O3/c16-11-7-13(18(9-11)12-2-3-12)15(21)17-6-5-10(8-17)1-4-14(19)20/h7,9-10,12H,1-6,8H2,(H,19,20). The van der Waals surface area contributed by atoms with E-state index in [9.17, 15) is 9.59 Å². The molecule has 1 aromatic rings. The minimum Gasteiger partial charge on any atom is -0.481 e. The Labute approximate surface area is 128 Å². The summed E-state index contributed by atoms with van der Waals surface area (Å²) in [7, 11) is 0. The Hall–Kier alpha value is -1.49. The van der Waals surface area contributed by atoms with Gasteiger partial charge in [-0.25, -0.2) is 0 Å². The molecule has 2 heterocycles. The molecular weight excluding hydrogens is 292 g/mol. The van der Waals surface area contributed by atoms with Crippen LogP contribution < -0.4 is 0 Å². The molecule has 1 atom stereocenters. The van der Waals surface area contributed by atoms with Gasteiger partial charge >= 0.3 is 5.97 Å². The molecule has 0 bridgehead atoms. The fourth-order valence-corrected chi connectivity index (χ4v) is 3.22. The third kappa shape index (κ3) is 3.23. The Bertz CT molecular complexity index is 565. The molecule has 5 nitrogen and oxygen atoms in total. The summed E-state index contributed by atoms with van der Waals surface area (Å²) in [5, 5.41) is 9.34. The number of carbonyl (C=O) groups excluding carboxylic acids is 1. The maximum absolute atomic E-state index is 12.6. The van der Waals surface area contributed by atoms with Gasteiger partial charge in [0.05, 0.1) is 5.02 Å². The van der Waals surface area contributed by atoms with Gasteiger partial charge in [0.2, 0.25) is 0 Å². The SMILES string of the molecule is O=C(O)CCC1CCN(C(=O)c2cc(Cl)cn2C2CC2)C1. The minimum atomic E-state index is -0.769. The van der Waals surface area contributed by atoms with Gasteiger partial charge in [-0.05, 0) is 37.7 Å². The average molecular weight is 311 g/mol. The molecule has 2 aliphatic rings. The first-order chi connectivity index (χ1) is 10.0. The zero-order valence-corrected chi connectivity index (χ0v) is 12.6. The molecule has 1 amide bonds. The van der Waals surface area contributed by atoms with E-state index in [4.69, 9.17) is 16.7 Å². The second kappa shape index (κ2) is 5.72. The highest BCUT2D eigenvalue weighted by Crippen LogP contribution is 2.38. The van der Waals surface area contributed by atoms with Crippen LogP contribution in [0.25, 0.3) is 0 Å². The minimum absolute atomic E-state index is 0.0200. The second-order valence-corrected chi connectivity index (χ2v) is 6.46. The Morgan fingerprint density at radius 1 is 1.33 bits per heavy atom. The molecule has 1 N–H and O–H groups in total. The molecule has 0 spiro atoms. The van der Waals surface area contributed by atoms with Crippen LogP contribution in [-0.2, 0) is 4.79 Å². The summed E-state index contributed by atoms with van der Waals surface area (Å²) < 4.78 is 2.00. The molecule has 1 aliphatic carbocycles. The zero-order chi connectivity index (χ0) is 15.0. The second-order valence-electron chi connectivity index (χ2n) is 6.02. The summed E-state index contributed by atoms with van der Waals surface area (Å²) in [6, 6.07) is 2.16. The molecule has 114 valence electrons. The number of rotatable bonds is 5. The van der Waals surface area contributed by atoms with Crippen molar-refractivity contribution in [3.05, 3.63) is 23.0 Å². The third-order valence-electron chi connectivity index (χ3n) is 4.31. The molecule has 1 saturated carbocycles. The van der Waals surface area contributed by atoms with Crippen molar-refractivity contribution in [1.29, 1.82) is 0 Å². The van der Waals surface area contributed by atoms with Gasteiger partial charge in [0.1, 0.15) is 5.69 Å². The Kier molecular flexibility index (Phi) is 3.93. The fourth-order valence-electron chi connectivity index (χ4n) is 3.01. The normalized spacial score (nSPS) is 21.8. The summed E-state index contributed by atoms with van der Waals surface area (Å²) in [6.45, 7) is 1.36. The van der Waals surface area contributed by atoms with Crippen LogP contribution >= 0.6 is 11.6 Å². The molecule has 21 heavy (non-hydrogen) atoms. The van der Waals surface area contributed by atoms with Gasteiger partial charge in [-0.2, -0.15) is 0 Å². The average Bonchev–Trinajstić information content (AvgIpc) is 3.04. The highest BCUT2D eigenvalue weighted by atomic mass is 35.5. The number of aliphatic carboxylic acids is 1. The predicted octanol–water partition coefficient (Wildman–Crippen LogP) is 2.80. The van der Waals surface area contributed by atoms with Crippen LogP contribution in [0.5, 0.6) is 0 Å². The van der Waals surface area contributed by atoms with E-state index in [0.717, 1.165) is 19.3 Å². The first kappa shape index (κ1) is 14.4. The molecule has 2 fully saturated rings. The van der Waals surface area contributed by atoms with Crippen molar-refractivity contribution in [2.45, 2.75) is 38.1 Å². The van der Waals surface area contributed by atoms with Gasteiger partial charge in [-0.1, -0.05) is 11.6 Å². The molecule has 1 unspecified atom stereocenters. The van der Waals surface area contributed by atoms with Crippen LogP contribution in [0.2, 0.25) is 5.02 Å². The van der Waals surface area contributed by atoms with E-state index in [0.29, 0.717) is 42.2 Å². The van der Waals surface area contributed by atoms with E-state index in [1.807, 2.05) is 15.7 Å². The van der Waals surface area contributed by atoms with Crippen molar-refractivity contribution in [1.82, 2.24) is 9.47 Å². The smallest absolute Gasteiger partial charge is 0.303 e. The van der Waals surface area contributed by atoms with E-state index in [1.54, 1.807) is 6.07 Å². The number of aromatic nitrogens is 1. The van der Waals surface area contributed by atoms with Crippen molar-refractivity contribution in [3.8, 4) is 0 Å². The molecule has 1 saturated heterocycles. The van der Waals surface area contributed by atoms with E-state index in [-0.39, 0.29) is 12.3 Å². The van der Waals surface area contributed by atoms with Crippen LogP contribution in [0.3, 0.4) is 0 Å². The van der Waals surface area contributed by atoms with Crippen LogP contribution in [0.4, 0.5) is 0 Å². The number of nitrogens with zero attached hydrogens (tertiary/aromatic N) is 2. The zero-order valence-electron chi connectivity index (χ0n) is 11.8. The number of carboxylic acid groups (broad SMARTS) is 1. The van der Waals surface area contributed by atoms with Crippen molar-refractivity contribution in [2.24, 2.45) is 5.92 Å². The number of hydrogen-bond acceptors (Lipinski definition) is 2. The van der Waals surface area contributed by atoms with Gasteiger partial charge in [0.15, 0.2) is 0 Å². The molecule has 0 radical (unpaired) electrons. The molecule has 0 aromatic carbocycles. The maximum atomic E-state index is 12.6. The van der Waals surface area contributed by atoms with Gasteiger partial charge in [-0.3, -0.25) is 9.59 Å². The first-order valence-corrected chi connectivity index (χ1v) is 7.81. The number of hydrogen-bond donors (Lipinski definition) is 1. The molecule has 1 aliphatic heterocycles. The van der Waals surface area contributed by atoms with Crippen LogP contribution in [0.1, 0.15) is 48.6 Å². The Balaban J connectivity index is 1.65. The van der Waals surface area contributed by atoms with Gasteiger partial charge in [0.25, 0.3) is 5.91 Å². The summed E-state index contributed by atoms with van der Waals surface area (Å²) in [5.41, 5.74) is 0.668. The number of carboxylic acids is 1. The monoisotopic (exact) mass is 310 g/mol. The van der Waals surface area contributed by atoms with Crippen molar-refractivity contribution in [2.75, 3.05) is 13.1 Å². The highest BCUT2D eigenvalue weighted by Gasteiger charge is 2.32. The molecule has 3 rings (SSSR count). The van der Waals surface area contributed by atoms with E-state index < -0.39 is 5.97 Å². The van der Waals surface area contributed by atoms with Gasteiger partial charge in [-0.15, -0.1) is 0 Å². The van der Waals surface area contributed by atoms with E-state index in [2.05, 4.69) is 0 Å². The van der Waals surface area contributed by atoms with Gasteiger partial charge in [0, 0.05) is 31.7 Å². The van der Waals surface area contributed by atoms with Crippen molar-refractivity contribution in [3.63, 3.8) is 0 Å². The summed E-state index contributed by atoms with van der Waals surface area (Å²) in [6.07, 6.45) is 5.75. The number of halogens is 1. The highest BCUT2D eigenvalue weighted by molar-refractivity contribution is 6.31. The van der Waals surface area contributed by atoms with Gasteiger partial charge < -0.3 is 14.6 Å². The van der Waals surface area contributed by atoms with Crippen LogP contribution in [-0.4, -0.2) is 39.5 Å². The summed E-state index contributed by atoms with van der Waals surface area (Å²) in [5.74, 6) is -0.453. The first-order valence-electron chi connectivity index (χ1n) is 7.43. The quantitative estimate of drug-likeness (QED) is 0.909. The third-order valence-corrected chi connectivity index (χ3v) is 4.52. The van der Waals surface area contributed by atoms with Crippen LogP contribution in [0, 0.1) is 5.92 Å². The number of carbonyl (C=O) groups is 2. The lowest BCUT2D eigenvalue weighted by atomic mass is 10.0. The van der Waals surface area contributed by atoms with E-state index in [1.165, 1.54) is 0 Å². The fraction of sp³-hybridized carbons (Fsp3) is 0.600. The Morgan fingerprint density at radius 3 is 2.76 bits per heavy atom.